The van der Waals surface area contributed by atoms with Crippen molar-refractivity contribution in [2.45, 2.75) is 25.0 Å². The van der Waals surface area contributed by atoms with E-state index in [9.17, 15) is 15.3 Å². The number of aliphatic hydroxyl groups is 2. The number of hydrogen-bond donors (Lipinski definition) is 3. The van der Waals surface area contributed by atoms with Crippen molar-refractivity contribution in [1.29, 1.82) is 0 Å². The molecule has 0 amide bonds. The molecule has 2 atom stereocenters. The smallest absolute Gasteiger partial charge is 0.122 e. The maximum atomic E-state index is 9.72. The highest BCUT2D eigenvalue weighted by Crippen LogP contribution is 2.22. The zero-order chi connectivity index (χ0) is 12.8. The molecular formula is C12H17ClO4. The van der Waals surface area contributed by atoms with E-state index in [2.05, 4.69) is 0 Å². The van der Waals surface area contributed by atoms with E-state index in [0.29, 0.717) is 12.2 Å². The van der Waals surface area contributed by atoms with E-state index in [-0.39, 0.29) is 18.1 Å². The van der Waals surface area contributed by atoms with Gasteiger partial charge in [0.2, 0.25) is 0 Å². The van der Waals surface area contributed by atoms with E-state index in [1.807, 2.05) is 0 Å². The number of aliphatic hydroxyl groups excluding tert-OH is 2. The molecule has 17 heavy (non-hydrogen) atoms. The molecule has 0 fully saturated rings. The number of alkyl halides is 1. The summed E-state index contributed by atoms with van der Waals surface area (Å²) in [6, 6.07) is 4.78. The molecule has 4 nitrogen and oxygen atoms in total. The quantitative estimate of drug-likeness (QED) is 0.674. The standard InChI is InChI=1S/C12H17ClO4/c1-17-12-4-8(3-10(15)6-12)2-9(14)5-11(16)7-13/h3-4,6,9,11,14-16H,2,5,7H2,1H3/t9-,11-/m0/s1. The molecule has 96 valence electrons. The predicted molar refractivity (Wildman–Crippen MR) is 65.7 cm³/mol. The van der Waals surface area contributed by atoms with Crippen LogP contribution in [0.2, 0.25) is 0 Å². The summed E-state index contributed by atoms with van der Waals surface area (Å²) in [5.74, 6) is 0.718. The Morgan fingerprint density at radius 1 is 1.24 bits per heavy atom. The Hall–Kier alpha value is -0.970. The third-order valence-electron chi connectivity index (χ3n) is 2.38. The Morgan fingerprint density at radius 3 is 2.53 bits per heavy atom. The zero-order valence-electron chi connectivity index (χ0n) is 9.64. The van der Waals surface area contributed by atoms with Gasteiger partial charge < -0.3 is 20.1 Å². The molecule has 0 bridgehead atoms. The zero-order valence-corrected chi connectivity index (χ0v) is 10.4. The van der Waals surface area contributed by atoms with Crippen molar-refractivity contribution in [3.8, 4) is 11.5 Å². The van der Waals surface area contributed by atoms with E-state index in [4.69, 9.17) is 16.3 Å². The summed E-state index contributed by atoms with van der Waals surface area (Å²) in [4.78, 5) is 0. The number of phenolic OH excluding ortho intramolecular Hbond substituents is 1. The number of rotatable bonds is 6. The van der Waals surface area contributed by atoms with Crippen LogP contribution in [0.3, 0.4) is 0 Å². The van der Waals surface area contributed by atoms with Gasteiger partial charge in [0.25, 0.3) is 0 Å². The van der Waals surface area contributed by atoms with E-state index in [1.54, 1.807) is 12.1 Å². The number of phenols is 1. The predicted octanol–water partition coefficient (Wildman–Crippen LogP) is 1.29. The highest BCUT2D eigenvalue weighted by atomic mass is 35.5. The summed E-state index contributed by atoms with van der Waals surface area (Å²) in [6.45, 7) is 0. The molecule has 5 heteroatoms. The van der Waals surface area contributed by atoms with Crippen molar-refractivity contribution in [3.05, 3.63) is 23.8 Å². The first-order valence-corrected chi connectivity index (χ1v) is 5.87. The summed E-state index contributed by atoms with van der Waals surface area (Å²) >= 11 is 5.45. The Morgan fingerprint density at radius 2 is 1.94 bits per heavy atom. The number of aromatic hydroxyl groups is 1. The number of halogens is 1. The van der Waals surface area contributed by atoms with Crippen LogP contribution in [0.15, 0.2) is 18.2 Å². The van der Waals surface area contributed by atoms with Crippen molar-refractivity contribution in [2.75, 3.05) is 13.0 Å². The van der Waals surface area contributed by atoms with Crippen LogP contribution in [0.4, 0.5) is 0 Å². The van der Waals surface area contributed by atoms with Crippen LogP contribution in [0.1, 0.15) is 12.0 Å². The van der Waals surface area contributed by atoms with Crippen LogP contribution >= 0.6 is 11.6 Å². The average Bonchev–Trinajstić information content (AvgIpc) is 2.27. The molecule has 0 heterocycles. The SMILES string of the molecule is COc1cc(O)cc(C[C@H](O)C[C@H](O)CCl)c1. The highest BCUT2D eigenvalue weighted by molar-refractivity contribution is 6.18. The van der Waals surface area contributed by atoms with Crippen molar-refractivity contribution < 1.29 is 20.1 Å². The van der Waals surface area contributed by atoms with Crippen molar-refractivity contribution in [3.63, 3.8) is 0 Å². The Labute approximate surface area is 105 Å². The van der Waals surface area contributed by atoms with Crippen LogP contribution in [-0.2, 0) is 6.42 Å². The van der Waals surface area contributed by atoms with E-state index in [1.165, 1.54) is 13.2 Å². The Kier molecular flexibility index (Phi) is 5.55. The topological polar surface area (TPSA) is 69.9 Å². The molecule has 0 saturated heterocycles. The maximum absolute atomic E-state index is 9.72. The number of hydrogen-bond acceptors (Lipinski definition) is 4. The molecule has 0 spiro atoms. The summed E-state index contributed by atoms with van der Waals surface area (Å²) in [6.07, 6.45) is -0.874. The average molecular weight is 261 g/mol. The molecule has 0 saturated carbocycles. The first-order valence-electron chi connectivity index (χ1n) is 5.34. The van der Waals surface area contributed by atoms with Gasteiger partial charge in [0, 0.05) is 18.4 Å². The van der Waals surface area contributed by atoms with E-state index < -0.39 is 12.2 Å². The number of benzene rings is 1. The van der Waals surface area contributed by atoms with Crippen molar-refractivity contribution >= 4 is 11.6 Å². The first-order chi connectivity index (χ1) is 8.05. The van der Waals surface area contributed by atoms with Crippen molar-refractivity contribution in [1.82, 2.24) is 0 Å². The molecule has 3 N–H and O–H groups in total. The van der Waals surface area contributed by atoms with E-state index >= 15 is 0 Å². The van der Waals surface area contributed by atoms with Crippen LogP contribution in [0.5, 0.6) is 11.5 Å². The minimum absolute atomic E-state index is 0.0874. The van der Waals surface area contributed by atoms with Gasteiger partial charge in [-0.2, -0.15) is 0 Å². The number of methoxy groups -OCH3 is 1. The molecule has 1 aromatic carbocycles. The Balaban J connectivity index is 2.64. The van der Waals surface area contributed by atoms with Crippen molar-refractivity contribution in [2.24, 2.45) is 0 Å². The minimum Gasteiger partial charge on any atom is -0.508 e. The van der Waals surface area contributed by atoms with E-state index in [0.717, 1.165) is 5.56 Å². The second-order valence-electron chi connectivity index (χ2n) is 3.94. The molecule has 0 aromatic heterocycles. The van der Waals surface area contributed by atoms with Gasteiger partial charge in [-0.25, -0.2) is 0 Å². The van der Waals surface area contributed by atoms with Crippen LogP contribution < -0.4 is 4.74 Å². The van der Waals surface area contributed by atoms with Gasteiger partial charge in [-0.15, -0.1) is 11.6 Å². The minimum atomic E-state index is -0.717. The van der Waals surface area contributed by atoms with Gasteiger partial charge >= 0.3 is 0 Å². The monoisotopic (exact) mass is 260 g/mol. The lowest BCUT2D eigenvalue weighted by Crippen LogP contribution is -2.20. The first kappa shape index (κ1) is 14.1. The molecule has 1 rings (SSSR count). The number of ether oxygens (including phenoxy) is 1. The van der Waals surface area contributed by atoms with Gasteiger partial charge in [0.1, 0.15) is 11.5 Å². The summed E-state index contributed by atoms with van der Waals surface area (Å²) in [5, 5.41) is 28.4. The molecule has 0 aliphatic carbocycles. The summed E-state index contributed by atoms with van der Waals surface area (Å²) in [7, 11) is 1.51. The Bertz CT molecular complexity index is 356. The third-order valence-corrected chi connectivity index (χ3v) is 2.74. The molecule has 0 radical (unpaired) electrons. The molecule has 0 aliphatic heterocycles. The largest absolute Gasteiger partial charge is 0.508 e. The molecule has 0 aliphatic rings. The van der Waals surface area contributed by atoms with Gasteiger partial charge in [0.05, 0.1) is 19.3 Å². The van der Waals surface area contributed by atoms with Gasteiger partial charge in [-0.1, -0.05) is 0 Å². The van der Waals surface area contributed by atoms with Gasteiger partial charge in [-0.3, -0.25) is 0 Å². The fourth-order valence-electron chi connectivity index (χ4n) is 1.61. The molecule has 1 aromatic rings. The fourth-order valence-corrected chi connectivity index (χ4v) is 1.74. The lowest BCUT2D eigenvalue weighted by molar-refractivity contribution is 0.0925. The normalized spacial score (nSPS) is 14.4. The van der Waals surface area contributed by atoms with Crippen LogP contribution in [0, 0.1) is 0 Å². The maximum Gasteiger partial charge on any atom is 0.122 e. The lowest BCUT2D eigenvalue weighted by atomic mass is 10.0. The third kappa shape index (κ3) is 4.81. The molecular weight excluding hydrogens is 244 g/mol. The summed E-state index contributed by atoms with van der Waals surface area (Å²) < 4.78 is 5.01. The molecule has 0 unspecified atom stereocenters. The highest BCUT2D eigenvalue weighted by Gasteiger charge is 2.12. The van der Waals surface area contributed by atoms with Gasteiger partial charge in [0.15, 0.2) is 0 Å². The van der Waals surface area contributed by atoms with Crippen LogP contribution in [-0.4, -0.2) is 40.5 Å². The summed E-state index contributed by atoms with van der Waals surface area (Å²) in [5.41, 5.74) is 0.746. The van der Waals surface area contributed by atoms with Crippen LogP contribution in [0.25, 0.3) is 0 Å². The lowest BCUT2D eigenvalue weighted by Gasteiger charge is -2.14. The van der Waals surface area contributed by atoms with Gasteiger partial charge in [-0.05, 0) is 24.1 Å². The second-order valence-corrected chi connectivity index (χ2v) is 4.25. The fraction of sp³-hybridized carbons (Fsp3) is 0.500. The second kappa shape index (κ2) is 6.69.